The maximum atomic E-state index is 6.42. The number of aromatic nitrogens is 1. The maximum absolute atomic E-state index is 6.42. The topological polar surface area (TPSA) is 48.1 Å². The third kappa shape index (κ3) is 3.02. The summed E-state index contributed by atoms with van der Waals surface area (Å²) in [5, 5.41) is 0. The first-order chi connectivity index (χ1) is 8.33. The molecule has 0 aliphatic carbocycles. The fourth-order valence-electron chi connectivity index (χ4n) is 2.25. The molecule has 3 heteroatoms. The number of ether oxygens (including phenoxy) is 1. The standard InChI is InChI=1S/C15H26N2O/c1-7-11(3)15(5,16)8-13-12(4)14(18-6)10(2)9-17-13/h9,11H,7-8,16H2,1-6H3. The van der Waals surface area contributed by atoms with E-state index in [1.807, 2.05) is 13.1 Å². The Morgan fingerprint density at radius 2 is 2.06 bits per heavy atom. The van der Waals surface area contributed by atoms with Gasteiger partial charge in [0.25, 0.3) is 0 Å². The molecule has 0 aliphatic rings. The van der Waals surface area contributed by atoms with Gasteiger partial charge in [-0.05, 0) is 26.7 Å². The summed E-state index contributed by atoms with van der Waals surface area (Å²) in [5.74, 6) is 1.39. The van der Waals surface area contributed by atoms with E-state index in [2.05, 4.69) is 32.7 Å². The largest absolute Gasteiger partial charge is 0.496 e. The van der Waals surface area contributed by atoms with Crippen LogP contribution in [0, 0.1) is 19.8 Å². The Morgan fingerprint density at radius 1 is 1.44 bits per heavy atom. The smallest absolute Gasteiger partial charge is 0.128 e. The van der Waals surface area contributed by atoms with Crippen molar-refractivity contribution in [3.8, 4) is 5.75 Å². The Balaban J connectivity index is 3.05. The van der Waals surface area contributed by atoms with Gasteiger partial charge in [-0.25, -0.2) is 0 Å². The Labute approximate surface area is 111 Å². The second-order valence-corrected chi connectivity index (χ2v) is 5.54. The van der Waals surface area contributed by atoms with Crippen molar-refractivity contribution >= 4 is 0 Å². The summed E-state index contributed by atoms with van der Waals surface area (Å²) >= 11 is 0. The summed E-state index contributed by atoms with van der Waals surface area (Å²) < 4.78 is 5.44. The average molecular weight is 250 g/mol. The Kier molecular flexibility index (Phi) is 4.74. The highest BCUT2D eigenvalue weighted by Crippen LogP contribution is 2.28. The molecule has 1 aromatic rings. The quantitative estimate of drug-likeness (QED) is 0.874. The first-order valence-corrected chi connectivity index (χ1v) is 6.61. The number of hydrogen-bond acceptors (Lipinski definition) is 3. The summed E-state index contributed by atoms with van der Waals surface area (Å²) in [6.07, 6.45) is 3.73. The van der Waals surface area contributed by atoms with E-state index in [1.165, 1.54) is 0 Å². The van der Waals surface area contributed by atoms with Crippen LogP contribution in [0.2, 0.25) is 0 Å². The zero-order chi connectivity index (χ0) is 13.9. The monoisotopic (exact) mass is 250 g/mol. The minimum atomic E-state index is -0.229. The zero-order valence-electron chi connectivity index (χ0n) is 12.5. The van der Waals surface area contributed by atoms with Gasteiger partial charge >= 0.3 is 0 Å². The van der Waals surface area contributed by atoms with Gasteiger partial charge in [-0.1, -0.05) is 20.3 Å². The van der Waals surface area contributed by atoms with E-state index in [0.29, 0.717) is 5.92 Å². The van der Waals surface area contributed by atoms with E-state index in [4.69, 9.17) is 10.5 Å². The molecule has 0 radical (unpaired) electrons. The number of nitrogens with two attached hydrogens (primary N) is 1. The van der Waals surface area contributed by atoms with Crippen molar-refractivity contribution in [1.29, 1.82) is 0 Å². The van der Waals surface area contributed by atoms with Gasteiger partial charge in [0.15, 0.2) is 0 Å². The van der Waals surface area contributed by atoms with E-state index in [-0.39, 0.29) is 5.54 Å². The molecule has 0 spiro atoms. The molecule has 2 atom stereocenters. The van der Waals surface area contributed by atoms with Crippen molar-refractivity contribution in [3.05, 3.63) is 23.0 Å². The molecule has 0 aliphatic heterocycles. The molecule has 0 fully saturated rings. The summed E-state index contributed by atoms with van der Waals surface area (Å²) in [7, 11) is 1.70. The number of rotatable bonds is 5. The molecule has 1 heterocycles. The van der Waals surface area contributed by atoms with Gasteiger partial charge in [0.05, 0.1) is 7.11 Å². The van der Waals surface area contributed by atoms with E-state index in [1.54, 1.807) is 7.11 Å². The van der Waals surface area contributed by atoms with Crippen LogP contribution in [0.15, 0.2) is 6.20 Å². The van der Waals surface area contributed by atoms with Gasteiger partial charge in [-0.15, -0.1) is 0 Å². The van der Waals surface area contributed by atoms with Gasteiger partial charge in [0, 0.05) is 35.0 Å². The van der Waals surface area contributed by atoms with Crippen molar-refractivity contribution in [2.45, 2.75) is 53.0 Å². The molecule has 1 aromatic heterocycles. The number of methoxy groups -OCH3 is 1. The molecule has 0 bridgehead atoms. The summed E-state index contributed by atoms with van der Waals surface area (Å²) in [6, 6.07) is 0. The zero-order valence-corrected chi connectivity index (χ0v) is 12.5. The molecule has 0 saturated heterocycles. The van der Waals surface area contributed by atoms with Crippen LogP contribution in [0.3, 0.4) is 0 Å². The highest BCUT2D eigenvalue weighted by molar-refractivity contribution is 5.41. The second kappa shape index (κ2) is 5.70. The third-order valence-electron chi connectivity index (χ3n) is 4.04. The van der Waals surface area contributed by atoms with E-state index in [9.17, 15) is 0 Å². The van der Waals surface area contributed by atoms with Crippen LogP contribution in [0.4, 0.5) is 0 Å². The minimum absolute atomic E-state index is 0.229. The molecule has 18 heavy (non-hydrogen) atoms. The lowest BCUT2D eigenvalue weighted by Gasteiger charge is -2.31. The van der Waals surface area contributed by atoms with E-state index >= 15 is 0 Å². The number of hydrogen-bond donors (Lipinski definition) is 1. The highest BCUT2D eigenvalue weighted by Gasteiger charge is 2.27. The highest BCUT2D eigenvalue weighted by atomic mass is 16.5. The van der Waals surface area contributed by atoms with Crippen molar-refractivity contribution < 1.29 is 4.74 Å². The lowest BCUT2D eigenvalue weighted by atomic mass is 9.81. The molecule has 0 amide bonds. The average Bonchev–Trinajstić information content (AvgIpc) is 2.32. The van der Waals surface area contributed by atoms with Crippen LogP contribution < -0.4 is 10.5 Å². The maximum Gasteiger partial charge on any atom is 0.128 e. The lowest BCUT2D eigenvalue weighted by Crippen LogP contribution is -2.45. The number of nitrogens with zero attached hydrogens (tertiary/aromatic N) is 1. The van der Waals surface area contributed by atoms with Crippen LogP contribution in [0.1, 0.15) is 44.0 Å². The molecule has 102 valence electrons. The Hall–Kier alpha value is -1.09. The predicted octanol–water partition coefficient (Wildman–Crippen LogP) is 3.01. The minimum Gasteiger partial charge on any atom is -0.496 e. The first kappa shape index (κ1) is 15.0. The molecular weight excluding hydrogens is 224 g/mol. The van der Waals surface area contributed by atoms with Gasteiger partial charge in [0.2, 0.25) is 0 Å². The third-order valence-corrected chi connectivity index (χ3v) is 4.04. The number of pyridine rings is 1. The normalized spacial score (nSPS) is 16.2. The van der Waals surface area contributed by atoms with Gasteiger partial charge in [0.1, 0.15) is 5.75 Å². The molecule has 2 N–H and O–H groups in total. The van der Waals surface area contributed by atoms with E-state index < -0.39 is 0 Å². The number of aryl methyl sites for hydroxylation is 1. The Morgan fingerprint density at radius 3 is 2.56 bits per heavy atom. The van der Waals surface area contributed by atoms with E-state index in [0.717, 1.165) is 35.4 Å². The SMILES string of the molecule is CCC(C)C(C)(N)Cc1ncc(C)c(OC)c1C. The lowest BCUT2D eigenvalue weighted by molar-refractivity contribution is 0.303. The van der Waals surface area contributed by atoms with Crippen LogP contribution >= 0.6 is 0 Å². The molecule has 3 nitrogen and oxygen atoms in total. The fourth-order valence-corrected chi connectivity index (χ4v) is 2.25. The molecule has 0 aromatic carbocycles. The van der Waals surface area contributed by atoms with Gasteiger partial charge < -0.3 is 10.5 Å². The van der Waals surface area contributed by atoms with Crippen LogP contribution in [0.5, 0.6) is 5.75 Å². The van der Waals surface area contributed by atoms with Crippen molar-refractivity contribution in [2.75, 3.05) is 7.11 Å². The fraction of sp³-hybridized carbons (Fsp3) is 0.667. The molecular formula is C15H26N2O. The summed E-state index contributed by atoms with van der Waals surface area (Å²) in [4.78, 5) is 4.53. The summed E-state index contributed by atoms with van der Waals surface area (Å²) in [6.45, 7) is 10.5. The van der Waals surface area contributed by atoms with Crippen molar-refractivity contribution in [2.24, 2.45) is 11.7 Å². The molecule has 0 saturated carbocycles. The van der Waals surface area contributed by atoms with Crippen molar-refractivity contribution in [1.82, 2.24) is 4.98 Å². The van der Waals surface area contributed by atoms with Crippen LogP contribution in [-0.4, -0.2) is 17.6 Å². The van der Waals surface area contributed by atoms with Crippen LogP contribution in [0.25, 0.3) is 0 Å². The van der Waals surface area contributed by atoms with Gasteiger partial charge in [-0.3, -0.25) is 4.98 Å². The van der Waals surface area contributed by atoms with Crippen molar-refractivity contribution in [3.63, 3.8) is 0 Å². The Bertz CT molecular complexity index is 413. The van der Waals surface area contributed by atoms with Crippen LogP contribution in [-0.2, 0) is 6.42 Å². The van der Waals surface area contributed by atoms with Gasteiger partial charge in [-0.2, -0.15) is 0 Å². The summed E-state index contributed by atoms with van der Waals surface area (Å²) in [5.41, 5.74) is 9.41. The molecule has 2 unspecified atom stereocenters. The second-order valence-electron chi connectivity index (χ2n) is 5.54. The first-order valence-electron chi connectivity index (χ1n) is 6.61. The molecule has 1 rings (SSSR count). The predicted molar refractivity (Wildman–Crippen MR) is 76.0 cm³/mol.